The van der Waals surface area contributed by atoms with Gasteiger partial charge in [-0.05, 0) is 32.9 Å². The van der Waals surface area contributed by atoms with Crippen LogP contribution in [0.3, 0.4) is 0 Å². The topological polar surface area (TPSA) is 124 Å². The fraction of sp³-hybridized carbons (Fsp3) is 0.600. The van der Waals surface area contributed by atoms with Crippen LogP contribution in [0.1, 0.15) is 71.2 Å². The number of hydrogen-bond donors (Lipinski definition) is 0. The van der Waals surface area contributed by atoms with E-state index in [1.807, 2.05) is 0 Å². The third-order valence-corrected chi connectivity index (χ3v) is 4.82. The van der Waals surface area contributed by atoms with Gasteiger partial charge in [-0.15, -0.1) is 0 Å². The van der Waals surface area contributed by atoms with Gasteiger partial charge >= 0.3 is 23.9 Å². The maximum absolute atomic E-state index is 12.7. The van der Waals surface area contributed by atoms with Crippen LogP contribution in [0, 0.1) is 0 Å². The summed E-state index contributed by atoms with van der Waals surface area (Å²) in [5, 5.41) is 0. The largest absolute Gasteiger partial charge is 0.460 e. The van der Waals surface area contributed by atoms with Gasteiger partial charge in [0, 0.05) is 19.3 Å². The van der Waals surface area contributed by atoms with E-state index in [2.05, 4.69) is 0 Å². The molecule has 35 heavy (non-hydrogen) atoms. The zero-order valence-corrected chi connectivity index (χ0v) is 21.0. The molecule has 10 nitrogen and oxygen atoms in total. The molecule has 1 saturated heterocycles. The molecule has 2 rings (SSSR count). The van der Waals surface area contributed by atoms with Crippen LogP contribution in [0.2, 0.25) is 0 Å². The SMILES string of the molecule is CCC(=O)O[C@H]1[C@@H](OC(=O)CC)COC(Oc2ccccc2C(=O)OC(C)(C)C)[C@@H]1OC(=O)CC. The van der Waals surface area contributed by atoms with Gasteiger partial charge in [-0.1, -0.05) is 32.9 Å². The molecule has 194 valence electrons. The van der Waals surface area contributed by atoms with Gasteiger partial charge in [0.05, 0.1) is 6.61 Å². The number of carbonyl (C=O) groups excluding carboxylic acids is 4. The summed E-state index contributed by atoms with van der Waals surface area (Å²) in [7, 11) is 0. The van der Waals surface area contributed by atoms with E-state index in [0.717, 1.165) is 0 Å². The van der Waals surface area contributed by atoms with E-state index < -0.39 is 54.1 Å². The Labute approximate surface area is 205 Å². The summed E-state index contributed by atoms with van der Waals surface area (Å²) in [4.78, 5) is 49.1. The van der Waals surface area contributed by atoms with E-state index in [4.69, 9.17) is 28.4 Å². The molecule has 0 radical (unpaired) electrons. The minimum absolute atomic E-state index is 0.0333. The van der Waals surface area contributed by atoms with Crippen molar-refractivity contribution in [1.29, 1.82) is 0 Å². The van der Waals surface area contributed by atoms with Gasteiger partial charge in [-0.25, -0.2) is 4.79 Å². The lowest BCUT2D eigenvalue weighted by Gasteiger charge is -2.40. The van der Waals surface area contributed by atoms with Crippen molar-refractivity contribution in [2.45, 2.75) is 91.0 Å². The fourth-order valence-electron chi connectivity index (χ4n) is 3.13. The van der Waals surface area contributed by atoms with E-state index in [1.165, 1.54) is 12.1 Å². The van der Waals surface area contributed by atoms with Crippen LogP contribution in [-0.4, -0.2) is 60.7 Å². The second kappa shape index (κ2) is 12.5. The molecule has 4 atom stereocenters. The summed E-state index contributed by atoms with van der Waals surface area (Å²) in [6.07, 6.45) is -4.56. The van der Waals surface area contributed by atoms with E-state index >= 15 is 0 Å². The molecule has 1 aromatic rings. The highest BCUT2D eigenvalue weighted by Gasteiger charge is 2.49. The van der Waals surface area contributed by atoms with Crippen LogP contribution >= 0.6 is 0 Å². The third-order valence-electron chi connectivity index (χ3n) is 4.82. The summed E-state index contributed by atoms with van der Waals surface area (Å²) < 4.78 is 33.6. The standard InChI is InChI=1S/C25H34O10/c1-7-18(26)31-17-14-30-24(22(34-20(28)9-3)21(17)33-19(27)8-2)32-16-13-11-10-12-15(16)23(29)35-25(4,5)6/h10-13,17,21-22,24H,7-9,14H2,1-6H3/t17-,21-,22+,24?/m0/s1. The van der Waals surface area contributed by atoms with Gasteiger partial charge in [0.2, 0.25) is 12.4 Å². The number of carbonyl (C=O) groups is 4. The van der Waals surface area contributed by atoms with E-state index in [0.29, 0.717) is 0 Å². The van der Waals surface area contributed by atoms with Crippen LogP contribution in [0.25, 0.3) is 0 Å². The Morgan fingerprint density at radius 3 is 1.97 bits per heavy atom. The Hall–Kier alpha value is -3.14. The molecule has 1 unspecified atom stereocenters. The van der Waals surface area contributed by atoms with Crippen molar-refractivity contribution >= 4 is 23.9 Å². The van der Waals surface area contributed by atoms with Crippen LogP contribution in [0.4, 0.5) is 0 Å². The Kier molecular flexibility index (Phi) is 10.1. The predicted octanol–water partition coefficient (Wildman–Crippen LogP) is 3.34. The smallest absolute Gasteiger partial charge is 0.342 e. The summed E-state index contributed by atoms with van der Waals surface area (Å²) in [6.45, 7) is 9.85. The Bertz CT molecular complexity index is 904. The molecule has 10 heteroatoms. The average Bonchev–Trinajstić information content (AvgIpc) is 2.81. The average molecular weight is 495 g/mol. The Morgan fingerprint density at radius 1 is 0.857 bits per heavy atom. The van der Waals surface area contributed by atoms with Gasteiger partial charge in [-0.2, -0.15) is 0 Å². The summed E-state index contributed by atoms with van der Waals surface area (Å²) in [5.74, 6) is -2.22. The molecule has 0 saturated carbocycles. The predicted molar refractivity (Wildman–Crippen MR) is 122 cm³/mol. The lowest BCUT2D eigenvalue weighted by molar-refractivity contribution is -0.261. The second-order valence-electron chi connectivity index (χ2n) is 8.82. The monoisotopic (exact) mass is 494 g/mol. The summed E-state index contributed by atoms with van der Waals surface area (Å²) in [6, 6.07) is 6.37. The highest BCUT2D eigenvalue weighted by atomic mass is 16.7. The molecule has 0 aliphatic carbocycles. The van der Waals surface area contributed by atoms with Crippen LogP contribution in [0.5, 0.6) is 5.75 Å². The zero-order chi connectivity index (χ0) is 26.2. The van der Waals surface area contributed by atoms with Crippen LogP contribution < -0.4 is 4.74 Å². The van der Waals surface area contributed by atoms with Crippen molar-refractivity contribution in [2.75, 3.05) is 6.61 Å². The maximum atomic E-state index is 12.7. The van der Waals surface area contributed by atoms with Crippen molar-refractivity contribution in [2.24, 2.45) is 0 Å². The molecule has 1 aliphatic rings. The Balaban J connectivity index is 2.40. The zero-order valence-electron chi connectivity index (χ0n) is 21.0. The first-order chi connectivity index (χ1) is 16.5. The van der Waals surface area contributed by atoms with E-state index in [9.17, 15) is 19.2 Å². The van der Waals surface area contributed by atoms with Crippen molar-refractivity contribution in [3.8, 4) is 5.75 Å². The fourth-order valence-corrected chi connectivity index (χ4v) is 3.13. The summed E-state index contributed by atoms with van der Waals surface area (Å²) >= 11 is 0. The first-order valence-electron chi connectivity index (χ1n) is 11.7. The first kappa shape index (κ1) is 28.1. The normalized spacial score (nSPS) is 22.0. The quantitative estimate of drug-likeness (QED) is 0.373. The highest BCUT2D eigenvalue weighted by molar-refractivity contribution is 5.92. The molecule has 0 spiro atoms. The molecule has 1 fully saturated rings. The van der Waals surface area contributed by atoms with Gasteiger partial charge in [0.25, 0.3) is 0 Å². The minimum atomic E-state index is -1.27. The third kappa shape index (κ3) is 8.24. The minimum Gasteiger partial charge on any atom is -0.460 e. The Morgan fingerprint density at radius 2 is 1.40 bits per heavy atom. The molecule has 1 heterocycles. The number of esters is 4. The lowest BCUT2D eigenvalue weighted by atomic mass is 10.0. The number of hydrogen-bond acceptors (Lipinski definition) is 10. The molecule has 1 aromatic carbocycles. The van der Waals surface area contributed by atoms with Crippen molar-refractivity contribution in [3.05, 3.63) is 29.8 Å². The second-order valence-corrected chi connectivity index (χ2v) is 8.82. The van der Waals surface area contributed by atoms with Gasteiger partial charge in [0.15, 0.2) is 12.2 Å². The molecule has 0 amide bonds. The molecule has 1 aliphatic heterocycles. The highest BCUT2D eigenvalue weighted by Crippen LogP contribution is 2.30. The molecular formula is C25H34O10. The lowest BCUT2D eigenvalue weighted by Crippen LogP contribution is -2.59. The first-order valence-corrected chi connectivity index (χ1v) is 11.7. The molecule has 0 bridgehead atoms. The van der Waals surface area contributed by atoms with Gasteiger partial charge < -0.3 is 28.4 Å². The van der Waals surface area contributed by atoms with Crippen LogP contribution in [0.15, 0.2) is 24.3 Å². The number of ether oxygens (including phenoxy) is 6. The maximum Gasteiger partial charge on any atom is 0.342 e. The van der Waals surface area contributed by atoms with Crippen LogP contribution in [-0.2, 0) is 38.1 Å². The number of benzene rings is 1. The van der Waals surface area contributed by atoms with Gasteiger partial charge in [-0.3, -0.25) is 14.4 Å². The van der Waals surface area contributed by atoms with Crippen molar-refractivity contribution < 1.29 is 47.6 Å². The number of para-hydroxylation sites is 1. The van der Waals surface area contributed by atoms with Gasteiger partial charge in [0.1, 0.15) is 16.9 Å². The van der Waals surface area contributed by atoms with Crippen molar-refractivity contribution in [3.63, 3.8) is 0 Å². The number of rotatable bonds is 9. The molecule has 0 N–H and O–H groups in total. The van der Waals surface area contributed by atoms with E-state index in [1.54, 1.807) is 53.7 Å². The van der Waals surface area contributed by atoms with E-state index in [-0.39, 0.29) is 37.2 Å². The summed E-state index contributed by atoms with van der Waals surface area (Å²) in [5.41, 5.74) is -0.603. The molecule has 0 aromatic heterocycles. The van der Waals surface area contributed by atoms with Crippen molar-refractivity contribution in [1.82, 2.24) is 0 Å². The molecular weight excluding hydrogens is 460 g/mol.